The summed E-state index contributed by atoms with van der Waals surface area (Å²) in [4.78, 5) is 37.7. The average Bonchev–Trinajstić information content (AvgIpc) is 3.13. The Labute approximate surface area is 156 Å². The lowest BCUT2D eigenvalue weighted by atomic mass is 10.1. The number of carbonyl (C=O) groups is 3. The number of rotatable bonds is 6. The number of methoxy groups -OCH3 is 1. The number of hydrogen-bond acceptors (Lipinski definition) is 5. The van der Waals surface area contributed by atoms with Gasteiger partial charge in [0, 0.05) is 17.8 Å². The first kappa shape index (κ1) is 18.4. The number of carbonyl (C=O) groups excluding carboxylic acids is 3. The summed E-state index contributed by atoms with van der Waals surface area (Å²) in [6.07, 6.45) is 0.182. The van der Waals surface area contributed by atoms with Crippen LogP contribution in [0.1, 0.15) is 26.3 Å². The van der Waals surface area contributed by atoms with Crippen molar-refractivity contribution in [2.24, 2.45) is 0 Å². The monoisotopic (exact) mass is 368 g/mol. The van der Waals surface area contributed by atoms with E-state index in [0.717, 1.165) is 5.56 Å². The summed E-state index contributed by atoms with van der Waals surface area (Å²) in [5.41, 5.74) is 2.01. The van der Waals surface area contributed by atoms with Crippen LogP contribution in [0.4, 0.5) is 10.5 Å². The third-order valence-corrected chi connectivity index (χ3v) is 4.22. The van der Waals surface area contributed by atoms with Gasteiger partial charge in [0.25, 0.3) is 5.91 Å². The summed E-state index contributed by atoms with van der Waals surface area (Å²) < 4.78 is 9.68. The Morgan fingerprint density at radius 3 is 2.56 bits per heavy atom. The van der Waals surface area contributed by atoms with E-state index in [1.807, 2.05) is 30.3 Å². The molecular weight excluding hydrogens is 348 g/mol. The van der Waals surface area contributed by atoms with Gasteiger partial charge in [0.05, 0.1) is 19.2 Å². The number of benzene rings is 2. The van der Waals surface area contributed by atoms with E-state index in [1.165, 1.54) is 24.1 Å². The summed E-state index contributed by atoms with van der Waals surface area (Å²) in [6.45, 7) is 1.07. The third kappa shape index (κ3) is 4.44. The van der Waals surface area contributed by atoms with E-state index >= 15 is 0 Å². The molecule has 1 heterocycles. The Hall–Kier alpha value is -3.35. The first-order chi connectivity index (χ1) is 13.1. The molecule has 1 aliphatic rings. The van der Waals surface area contributed by atoms with Crippen molar-refractivity contribution in [2.75, 3.05) is 31.7 Å². The van der Waals surface area contributed by atoms with Crippen molar-refractivity contribution in [3.63, 3.8) is 0 Å². The molecule has 0 radical (unpaired) electrons. The van der Waals surface area contributed by atoms with Gasteiger partial charge in [-0.3, -0.25) is 9.69 Å². The molecule has 1 N–H and O–H groups in total. The molecule has 7 nitrogen and oxygen atoms in total. The Balaban J connectivity index is 1.77. The van der Waals surface area contributed by atoms with Crippen LogP contribution in [0, 0.1) is 0 Å². The number of amides is 2. The molecule has 27 heavy (non-hydrogen) atoms. The predicted molar refractivity (Wildman–Crippen MR) is 99.0 cm³/mol. The van der Waals surface area contributed by atoms with Gasteiger partial charge in [-0.1, -0.05) is 30.3 Å². The van der Waals surface area contributed by atoms with Gasteiger partial charge in [0.1, 0.15) is 6.61 Å². The van der Waals surface area contributed by atoms with Crippen molar-refractivity contribution in [1.82, 2.24) is 5.32 Å². The fourth-order valence-electron chi connectivity index (χ4n) is 2.83. The molecule has 1 saturated heterocycles. The zero-order valence-electron chi connectivity index (χ0n) is 14.9. The van der Waals surface area contributed by atoms with Gasteiger partial charge >= 0.3 is 12.1 Å². The van der Waals surface area contributed by atoms with Crippen LogP contribution in [-0.4, -0.2) is 44.8 Å². The van der Waals surface area contributed by atoms with Gasteiger partial charge in [-0.2, -0.15) is 0 Å². The minimum atomic E-state index is -0.581. The van der Waals surface area contributed by atoms with Crippen molar-refractivity contribution in [3.05, 3.63) is 65.2 Å². The SMILES string of the molecule is COC(=O)c1cc(C(=O)NCCc2ccccc2)cc(N2CCOC2=O)c1. The van der Waals surface area contributed by atoms with Crippen LogP contribution in [0.2, 0.25) is 0 Å². The highest BCUT2D eigenvalue weighted by Crippen LogP contribution is 2.23. The number of ether oxygens (including phenoxy) is 2. The van der Waals surface area contributed by atoms with E-state index in [0.29, 0.717) is 25.2 Å². The van der Waals surface area contributed by atoms with E-state index in [9.17, 15) is 14.4 Å². The number of hydrogen-bond donors (Lipinski definition) is 1. The van der Waals surface area contributed by atoms with Crippen molar-refractivity contribution < 1.29 is 23.9 Å². The zero-order valence-corrected chi connectivity index (χ0v) is 14.9. The van der Waals surface area contributed by atoms with Crippen molar-refractivity contribution >= 4 is 23.7 Å². The van der Waals surface area contributed by atoms with Gasteiger partial charge in [-0.15, -0.1) is 0 Å². The molecule has 140 valence electrons. The van der Waals surface area contributed by atoms with Crippen LogP contribution in [-0.2, 0) is 15.9 Å². The summed E-state index contributed by atoms with van der Waals surface area (Å²) in [7, 11) is 1.26. The first-order valence-electron chi connectivity index (χ1n) is 8.58. The van der Waals surface area contributed by atoms with Crippen molar-refractivity contribution in [2.45, 2.75) is 6.42 Å². The first-order valence-corrected chi connectivity index (χ1v) is 8.58. The minimum absolute atomic E-state index is 0.197. The second-order valence-electron chi connectivity index (χ2n) is 6.02. The predicted octanol–water partition coefficient (Wildman–Crippen LogP) is 2.40. The molecule has 0 unspecified atom stereocenters. The smallest absolute Gasteiger partial charge is 0.414 e. The standard InChI is InChI=1S/C20H20N2O5/c1-26-19(24)16-11-15(12-17(13-16)22-9-10-27-20(22)25)18(23)21-8-7-14-5-3-2-4-6-14/h2-6,11-13H,7-10H2,1H3,(H,21,23). The normalized spacial score (nSPS) is 13.2. The van der Waals surface area contributed by atoms with Crippen LogP contribution in [0.25, 0.3) is 0 Å². The molecule has 2 aromatic carbocycles. The molecule has 2 amide bonds. The number of nitrogens with one attached hydrogen (secondary N) is 1. The zero-order chi connectivity index (χ0) is 19.2. The Morgan fingerprint density at radius 1 is 1.15 bits per heavy atom. The number of esters is 1. The van der Waals surface area contributed by atoms with E-state index < -0.39 is 12.1 Å². The summed E-state index contributed by atoms with van der Waals surface area (Å²) in [6, 6.07) is 14.3. The summed E-state index contributed by atoms with van der Waals surface area (Å²) >= 11 is 0. The average molecular weight is 368 g/mol. The van der Waals surface area contributed by atoms with E-state index in [4.69, 9.17) is 9.47 Å². The quantitative estimate of drug-likeness (QED) is 0.792. The highest BCUT2D eigenvalue weighted by atomic mass is 16.6. The van der Waals surface area contributed by atoms with Crippen molar-refractivity contribution in [1.29, 1.82) is 0 Å². The molecule has 1 fully saturated rings. The van der Waals surface area contributed by atoms with Gasteiger partial charge < -0.3 is 14.8 Å². The Morgan fingerprint density at radius 2 is 1.89 bits per heavy atom. The molecule has 2 aromatic rings. The maximum Gasteiger partial charge on any atom is 0.414 e. The van der Waals surface area contributed by atoms with E-state index in [1.54, 1.807) is 6.07 Å². The van der Waals surface area contributed by atoms with Crippen LogP contribution in [0.5, 0.6) is 0 Å². The second kappa shape index (κ2) is 8.35. The number of cyclic esters (lactones) is 1. The molecule has 1 aliphatic heterocycles. The van der Waals surface area contributed by atoms with Crippen LogP contribution in [0.15, 0.2) is 48.5 Å². The van der Waals surface area contributed by atoms with Crippen molar-refractivity contribution in [3.8, 4) is 0 Å². The highest BCUT2D eigenvalue weighted by molar-refractivity contribution is 6.01. The topological polar surface area (TPSA) is 84.9 Å². The summed E-state index contributed by atoms with van der Waals surface area (Å²) in [5.74, 6) is -0.909. The Kier molecular flexibility index (Phi) is 5.71. The maximum atomic E-state index is 12.5. The van der Waals surface area contributed by atoms with E-state index in [-0.39, 0.29) is 23.6 Å². The largest absolute Gasteiger partial charge is 0.465 e. The maximum absolute atomic E-state index is 12.5. The fourth-order valence-corrected chi connectivity index (χ4v) is 2.83. The molecule has 7 heteroatoms. The molecule has 0 atom stereocenters. The molecule has 0 bridgehead atoms. The fraction of sp³-hybridized carbons (Fsp3) is 0.250. The second-order valence-corrected chi connectivity index (χ2v) is 6.02. The van der Waals surface area contributed by atoms with Gasteiger partial charge in [-0.25, -0.2) is 9.59 Å². The van der Waals surface area contributed by atoms with Gasteiger partial charge in [-0.05, 0) is 30.2 Å². The third-order valence-electron chi connectivity index (χ3n) is 4.22. The van der Waals surface area contributed by atoms with Crippen LogP contribution >= 0.6 is 0 Å². The lowest BCUT2D eigenvalue weighted by molar-refractivity contribution is 0.0600. The van der Waals surface area contributed by atoms with Gasteiger partial charge in [0.15, 0.2) is 0 Å². The molecule has 0 spiro atoms. The van der Waals surface area contributed by atoms with Gasteiger partial charge in [0.2, 0.25) is 0 Å². The highest BCUT2D eigenvalue weighted by Gasteiger charge is 2.25. The molecule has 0 aromatic heterocycles. The lowest BCUT2D eigenvalue weighted by Gasteiger charge is -2.15. The number of nitrogens with zero attached hydrogens (tertiary/aromatic N) is 1. The van der Waals surface area contributed by atoms with Crippen LogP contribution < -0.4 is 10.2 Å². The molecular formula is C20H20N2O5. The number of anilines is 1. The van der Waals surface area contributed by atoms with Crippen LogP contribution in [0.3, 0.4) is 0 Å². The lowest BCUT2D eigenvalue weighted by Crippen LogP contribution is -2.28. The Bertz CT molecular complexity index is 851. The molecule has 0 aliphatic carbocycles. The molecule has 3 rings (SSSR count). The summed E-state index contributed by atoms with van der Waals surface area (Å²) in [5, 5.41) is 2.83. The van der Waals surface area contributed by atoms with E-state index in [2.05, 4.69) is 5.32 Å². The molecule has 0 saturated carbocycles. The minimum Gasteiger partial charge on any atom is -0.465 e.